The van der Waals surface area contributed by atoms with Crippen molar-refractivity contribution in [3.8, 4) is 16.9 Å². The number of carbonyl (C=O) groups is 1. The molecule has 0 heterocycles. The molecule has 3 heteroatoms. The Morgan fingerprint density at radius 3 is 2.13 bits per heavy atom. The quantitative estimate of drug-likeness (QED) is 0.710. The van der Waals surface area contributed by atoms with E-state index < -0.39 is 11.6 Å². The molecule has 0 aliphatic rings. The smallest absolute Gasteiger partial charge is 0.197 e. The largest absolute Gasteiger partial charge is 0.507 e. The number of hydrogen-bond acceptors (Lipinski definition) is 2. The average Bonchev–Trinajstić information content (AvgIpc) is 2.59. The Hall–Kier alpha value is -2.94. The molecule has 2 nitrogen and oxygen atoms in total. The van der Waals surface area contributed by atoms with E-state index in [2.05, 4.69) is 0 Å². The van der Waals surface area contributed by atoms with Crippen LogP contribution in [0, 0.1) is 12.7 Å². The standard InChI is InChI=1S/C20H15FO2/c1-13-12-16(22)18(20(23)15-10-6-3-7-11-15)17(19(13)21)14-8-4-2-5-9-14/h2-12,22H,1H3. The third kappa shape index (κ3) is 2.73. The van der Waals surface area contributed by atoms with Crippen molar-refractivity contribution in [1.82, 2.24) is 0 Å². The van der Waals surface area contributed by atoms with Gasteiger partial charge in [-0.25, -0.2) is 4.39 Å². The van der Waals surface area contributed by atoms with Crippen molar-refractivity contribution < 1.29 is 14.3 Å². The predicted octanol–water partition coefficient (Wildman–Crippen LogP) is 4.74. The van der Waals surface area contributed by atoms with E-state index in [4.69, 9.17) is 0 Å². The van der Waals surface area contributed by atoms with E-state index in [1.807, 2.05) is 6.07 Å². The van der Waals surface area contributed by atoms with Gasteiger partial charge in [-0.15, -0.1) is 0 Å². The third-order valence-electron chi connectivity index (χ3n) is 3.75. The summed E-state index contributed by atoms with van der Waals surface area (Å²) in [6, 6.07) is 18.6. The van der Waals surface area contributed by atoms with E-state index in [-0.39, 0.29) is 16.9 Å². The lowest BCUT2D eigenvalue weighted by Crippen LogP contribution is -2.07. The summed E-state index contributed by atoms with van der Waals surface area (Å²) in [6.45, 7) is 1.57. The van der Waals surface area contributed by atoms with E-state index >= 15 is 0 Å². The number of rotatable bonds is 3. The molecule has 0 unspecified atom stereocenters. The Morgan fingerprint density at radius 2 is 1.52 bits per heavy atom. The monoisotopic (exact) mass is 306 g/mol. The van der Waals surface area contributed by atoms with Crippen molar-refractivity contribution in [1.29, 1.82) is 0 Å². The molecule has 0 bridgehead atoms. The highest BCUT2D eigenvalue weighted by Gasteiger charge is 2.23. The number of ketones is 1. The Kier molecular flexibility index (Phi) is 3.94. The second-order valence-corrected chi connectivity index (χ2v) is 5.34. The topological polar surface area (TPSA) is 37.3 Å². The minimum absolute atomic E-state index is 0.00880. The molecule has 0 fully saturated rings. The average molecular weight is 306 g/mol. The molecule has 0 amide bonds. The molecule has 0 saturated heterocycles. The van der Waals surface area contributed by atoms with Crippen LogP contribution in [-0.2, 0) is 0 Å². The molecular formula is C20H15FO2. The van der Waals surface area contributed by atoms with E-state index in [0.29, 0.717) is 16.7 Å². The van der Waals surface area contributed by atoms with Crippen LogP contribution < -0.4 is 0 Å². The van der Waals surface area contributed by atoms with Gasteiger partial charge in [0.25, 0.3) is 0 Å². The number of hydrogen-bond donors (Lipinski definition) is 1. The molecule has 0 aliphatic carbocycles. The number of phenolic OH excluding ortho intramolecular Hbond substituents is 1. The zero-order valence-electron chi connectivity index (χ0n) is 12.6. The van der Waals surface area contributed by atoms with Crippen molar-refractivity contribution in [2.75, 3.05) is 0 Å². The molecule has 0 radical (unpaired) electrons. The van der Waals surface area contributed by atoms with Gasteiger partial charge in [0.2, 0.25) is 0 Å². The van der Waals surface area contributed by atoms with Crippen molar-refractivity contribution in [3.63, 3.8) is 0 Å². The summed E-state index contributed by atoms with van der Waals surface area (Å²) < 4.78 is 14.7. The summed E-state index contributed by atoms with van der Waals surface area (Å²) in [5.74, 6) is -1.11. The van der Waals surface area contributed by atoms with Gasteiger partial charge in [0.05, 0.1) is 5.56 Å². The highest BCUT2D eigenvalue weighted by molar-refractivity contribution is 6.14. The SMILES string of the molecule is Cc1cc(O)c(C(=O)c2ccccc2)c(-c2ccccc2)c1F. The lowest BCUT2D eigenvalue weighted by atomic mass is 9.91. The molecule has 1 N–H and O–H groups in total. The van der Waals surface area contributed by atoms with E-state index in [9.17, 15) is 14.3 Å². The highest BCUT2D eigenvalue weighted by atomic mass is 19.1. The molecular weight excluding hydrogens is 291 g/mol. The summed E-state index contributed by atoms with van der Waals surface area (Å²) in [7, 11) is 0. The first kappa shape index (κ1) is 15.0. The van der Waals surface area contributed by atoms with Gasteiger partial charge >= 0.3 is 0 Å². The molecule has 3 rings (SSSR count). The van der Waals surface area contributed by atoms with Crippen LogP contribution in [0.25, 0.3) is 11.1 Å². The number of carbonyl (C=O) groups excluding carboxylic acids is 1. The van der Waals surface area contributed by atoms with Crippen LogP contribution in [0.4, 0.5) is 4.39 Å². The summed E-state index contributed by atoms with van der Waals surface area (Å²) in [5.41, 5.74) is 1.39. The number of benzene rings is 3. The van der Waals surface area contributed by atoms with Crippen molar-refractivity contribution in [2.45, 2.75) is 6.92 Å². The molecule has 0 aromatic heterocycles. The lowest BCUT2D eigenvalue weighted by Gasteiger charge is -2.14. The van der Waals surface area contributed by atoms with Crippen LogP contribution >= 0.6 is 0 Å². The summed E-state index contributed by atoms with van der Waals surface area (Å²) in [5, 5.41) is 10.3. The first-order chi connectivity index (χ1) is 11.1. The van der Waals surface area contributed by atoms with E-state index in [1.54, 1.807) is 61.5 Å². The number of aromatic hydroxyl groups is 1. The van der Waals surface area contributed by atoms with Crippen LogP contribution in [-0.4, -0.2) is 10.9 Å². The van der Waals surface area contributed by atoms with Gasteiger partial charge in [-0.2, -0.15) is 0 Å². The fourth-order valence-electron chi connectivity index (χ4n) is 2.62. The molecule has 23 heavy (non-hydrogen) atoms. The number of phenols is 1. The Morgan fingerprint density at radius 1 is 0.957 bits per heavy atom. The fourth-order valence-corrected chi connectivity index (χ4v) is 2.62. The highest BCUT2D eigenvalue weighted by Crippen LogP contribution is 2.36. The molecule has 3 aromatic rings. The first-order valence-electron chi connectivity index (χ1n) is 7.27. The molecule has 114 valence electrons. The molecule has 0 spiro atoms. The normalized spacial score (nSPS) is 10.5. The van der Waals surface area contributed by atoms with Gasteiger partial charge in [0.1, 0.15) is 11.6 Å². The molecule has 3 aromatic carbocycles. The van der Waals surface area contributed by atoms with Gasteiger partial charge in [0.15, 0.2) is 5.78 Å². The van der Waals surface area contributed by atoms with Crippen LogP contribution in [0.1, 0.15) is 21.5 Å². The van der Waals surface area contributed by atoms with Crippen LogP contribution in [0.15, 0.2) is 66.7 Å². The second kappa shape index (κ2) is 6.05. The first-order valence-corrected chi connectivity index (χ1v) is 7.27. The van der Waals surface area contributed by atoms with Gasteiger partial charge in [-0.1, -0.05) is 60.7 Å². The van der Waals surface area contributed by atoms with Gasteiger partial charge in [0, 0.05) is 11.1 Å². The van der Waals surface area contributed by atoms with Crippen LogP contribution in [0.2, 0.25) is 0 Å². The summed E-state index contributed by atoms with van der Waals surface area (Å²) >= 11 is 0. The van der Waals surface area contributed by atoms with Gasteiger partial charge < -0.3 is 5.11 Å². The van der Waals surface area contributed by atoms with E-state index in [1.165, 1.54) is 6.07 Å². The van der Waals surface area contributed by atoms with E-state index in [0.717, 1.165) is 0 Å². The Bertz CT molecular complexity index is 856. The fraction of sp³-hybridized carbons (Fsp3) is 0.0500. The zero-order valence-corrected chi connectivity index (χ0v) is 12.6. The predicted molar refractivity (Wildman–Crippen MR) is 88.1 cm³/mol. The number of aryl methyl sites for hydroxylation is 1. The van der Waals surface area contributed by atoms with Crippen molar-refractivity contribution in [3.05, 3.63) is 89.2 Å². The van der Waals surface area contributed by atoms with Crippen molar-refractivity contribution in [2.24, 2.45) is 0 Å². The maximum absolute atomic E-state index is 14.7. The second-order valence-electron chi connectivity index (χ2n) is 5.34. The lowest BCUT2D eigenvalue weighted by molar-refractivity contribution is 0.103. The van der Waals surface area contributed by atoms with Gasteiger partial charge in [-0.3, -0.25) is 4.79 Å². The molecule has 0 saturated carbocycles. The summed E-state index contributed by atoms with van der Waals surface area (Å²) in [6.07, 6.45) is 0. The number of halogens is 1. The minimum atomic E-state index is -0.492. The van der Waals surface area contributed by atoms with Crippen LogP contribution in [0.5, 0.6) is 5.75 Å². The third-order valence-corrected chi connectivity index (χ3v) is 3.75. The Labute approximate surface area is 133 Å². The molecule has 0 aliphatic heterocycles. The maximum atomic E-state index is 14.7. The molecule has 0 atom stereocenters. The zero-order chi connectivity index (χ0) is 16.4. The van der Waals surface area contributed by atoms with Crippen LogP contribution in [0.3, 0.4) is 0 Å². The summed E-state index contributed by atoms with van der Waals surface area (Å²) in [4.78, 5) is 12.8. The maximum Gasteiger partial charge on any atom is 0.197 e. The minimum Gasteiger partial charge on any atom is -0.507 e. The Balaban J connectivity index is 2.29. The van der Waals surface area contributed by atoms with Gasteiger partial charge in [-0.05, 0) is 24.1 Å². The van der Waals surface area contributed by atoms with Crippen molar-refractivity contribution >= 4 is 5.78 Å².